The summed E-state index contributed by atoms with van der Waals surface area (Å²) in [6.45, 7) is 4.29. The molecule has 0 aliphatic heterocycles. The summed E-state index contributed by atoms with van der Waals surface area (Å²) in [5, 5.41) is 4.53. The van der Waals surface area contributed by atoms with Gasteiger partial charge in [0.05, 0.1) is 12.1 Å². The molecular weight excluding hydrogens is 398 g/mol. The number of fused-ring (bicyclic) bond motifs is 1. The molecule has 0 spiro atoms. The van der Waals surface area contributed by atoms with Crippen LogP contribution in [0, 0.1) is 13.8 Å². The van der Waals surface area contributed by atoms with E-state index in [1.54, 1.807) is 23.1 Å². The van der Waals surface area contributed by atoms with E-state index in [-0.39, 0.29) is 24.2 Å². The highest BCUT2D eigenvalue weighted by Gasteiger charge is 2.28. The molecule has 1 fully saturated rings. The van der Waals surface area contributed by atoms with Gasteiger partial charge in [-0.2, -0.15) is 0 Å². The smallest absolute Gasteiger partial charge is 0.321 e. The molecule has 0 atom stereocenters. The Hall–Kier alpha value is -2.79. The molecule has 1 heterocycles. The number of carbonyl (C=O) groups excluding carboxylic acids is 1. The Morgan fingerprint density at radius 3 is 2.60 bits per heavy atom. The Bertz CT molecular complexity index is 1150. The van der Waals surface area contributed by atoms with Gasteiger partial charge in [0, 0.05) is 27.7 Å². The molecule has 2 amide bonds. The lowest BCUT2D eigenvalue weighted by Crippen LogP contribution is -2.42. The number of urea groups is 1. The van der Waals surface area contributed by atoms with Crippen LogP contribution in [0.3, 0.4) is 0 Å². The monoisotopic (exact) mass is 423 g/mol. The van der Waals surface area contributed by atoms with Crippen LogP contribution in [0.5, 0.6) is 0 Å². The van der Waals surface area contributed by atoms with E-state index in [0.29, 0.717) is 16.3 Å². The predicted octanol–water partition coefficient (Wildman–Crippen LogP) is 5.78. The molecule has 0 unspecified atom stereocenters. The van der Waals surface area contributed by atoms with Gasteiger partial charge in [-0.3, -0.25) is 4.79 Å². The van der Waals surface area contributed by atoms with Crippen LogP contribution in [0.15, 0.2) is 47.3 Å². The molecule has 30 heavy (non-hydrogen) atoms. The zero-order valence-corrected chi connectivity index (χ0v) is 18.1. The second kappa shape index (κ2) is 8.52. The number of nitrogens with one attached hydrogen (secondary N) is 2. The van der Waals surface area contributed by atoms with Gasteiger partial charge in [0.25, 0.3) is 5.56 Å². The Kier molecular flexibility index (Phi) is 5.82. The number of benzene rings is 2. The fourth-order valence-corrected chi connectivity index (χ4v) is 4.45. The van der Waals surface area contributed by atoms with Crippen LogP contribution in [0.2, 0.25) is 5.02 Å². The second-order valence-electron chi connectivity index (χ2n) is 8.12. The van der Waals surface area contributed by atoms with Crippen molar-refractivity contribution >= 4 is 34.2 Å². The van der Waals surface area contributed by atoms with E-state index in [9.17, 15) is 9.59 Å². The average Bonchev–Trinajstić information content (AvgIpc) is 3.24. The molecule has 4 rings (SSSR count). The molecule has 1 aliphatic rings. The van der Waals surface area contributed by atoms with Crippen molar-refractivity contribution in [3.63, 3.8) is 0 Å². The van der Waals surface area contributed by atoms with Gasteiger partial charge in [0.15, 0.2) is 0 Å². The summed E-state index contributed by atoms with van der Waals surface area (Å²) in [5.74, 6) is 0. The first-order chi connectivity index (χ1) is 14.4. The largest absolute Gasteiger partial charge is 0.322 e. The van der Waals surface area contributed by atoms with Crippen LogP contribution in [0.25, 0.3) is 10.9 Å². The van der Waals surface area contributed by atoms with Gasteiger partial charge in [-0.1, -0.05) is 42.6 Å². The maximum atomic E-state index is 13.2. The molecule has 5 nitrogen and oxygen atoms in total. The minimum Gasteiger partial charge on any atom is -0.321 e. The van der Waals surface area contributed by atoms with Crippen molar-refractivity contribution in [1.29, 1.82) is 0 Å². The van der Waals surface area contributed by atoms with Gasteiger partial charge < -0.3 is 15.2 Å². The van der Waals surface area contributed by atoms with Crippen molar-refractivity contribution in [3.8, 4) is 0 Å². The number of aromatic nitrogens is 1. The number of carbonyl (C=O) groups is 1. The number of amides is 2. The van der Waals surface area contributed by atoms with Crippen LogP contribution in [0.1, 0.15) is 42.4 Å². The topological polar surface area (TPSA) is 65.2 Å². The number of hydrogen-bond acceptors (Lipinski definition) is 2. The summed E-state index contributed by atoms with van der Waals surface area (Å²) >= 11 is 6.06. The number of aromatic amines is 1. The zero-order valence-electron chi connectivity index (χ0n) is 17.3. The molecule has 2 N–H and O–H groups in total. The van der Waals surface area contributed by atoms with E-state index in [2.05, 4.69) is 16.4 Å². The van der Waals surface area contributed by atoms with E-state index < -0.39 is 0 Å². The van der Waals surface area contributed by atoms with Crippen LogP contribution < -0.4 is 10.9 Å². The number of pyridine rings is 1. The van der Waals surface area contributed by atoms with Gasteiger partial charge >= 0.3 is 6.03 Å². The van der Waals surface area contributed by atoms with Crippen molar-refractivity contribution in [2.75, 3.05) is 5.32 Å². The summed E-state index contributed by atoms with van der Waals surface area (Å²) < 4.78 is 0. The number of anilines is 1. The van der Waals surface area contributed by atoms with Crippen molar-refractivity contribution < 1.29 is 4.79 Å². The van der Waals surface area contributed by atoms with E-state index in [1.165, 1.54) is 0 Å². The first-order valence-electron chi connectivity index (χ1n) is 10.4. The lowest BCUT2D eigenvalue weighted by atomic mass is 10.0. The molecule has 2 aromatic carbocycles. The number of nitrogens with zero attached hydrogens (tertiary/aromatic N) is 1. The lowest BCUT2D eigenvalue weighted by Gasteiger charge is -2.29. The first kappa shape index (κ1) is 20.5. The lowest BCUT2D eigenvalue weighted by molar-refractivity contribution is 0.184. The van der Waals surface area contributed by atoms with E-state index >= 15 is 0 Å². The number of aryl methyl sites for hydroxylation is 2. The summed E-state index contributed by atoms with van der Waals surface area (Å²) in [6.07, 6.45) is 4.09. The molecule has 156 valence electrons. The SMILES string of the molecule is Cc1ccc(C)c2[nH]c(=O)c(CN(C(=O)Nc3cccc(Cl)c3)C3CCCC3)cc12. The number of halogens is 1. The van der Waals surface area contributed by atoms with Gasteiger partial charge in [0.2, 0.25) is 0 Å². The average molecular weight is 424 g/mol. The fraction of sp³-hybridized carbons (Fsp3) is 0.333. The minimum atomic E-state index is -0.204. The van der Waals surface area contributed by atoms with Crippen LogP contribution in [0.4, 0.5) is 10.5 Å². The highest BCUT2D eigenvalue weighted by molar-refractivity contribution is 6.30. The normalized spacial score (nSPS) is 14.2. The number of rotatable bonds is 4. The molecule has 1 aromatic heterocycles. The highest BCUT2D eigenvalue weighted by Crippen LogP contribution is 2.27. The van der Waals surface area contributed by atoms with Gasteiger partial charge in [-0.15, -0.1) is 0 Å². The maximum Gasteiger partial charge on any atom is 0.322 e. The van der Waals surface area contributed by atoms with Gasteiger partial charge in [-0.25, -0.2) is 4.79 Å². The third kappa shape index (κ3) is 4.21. The molecule has 1 aliphatic carbocycles. The molecule has 0 radical (unpaired) electrons. The minimum absolute atomic E-state index is 0.123. The van der Waals surface area contributed by atoms with Crippen molar-refractivity contribution in [1.82, 2.24) is 9.88 Å². The van der Waals surface area contributed by atoms with E-state index in [1.807, 2.05) is 32.0 Å². The van der Waals surface area contributed by atoms with Crippen molar-refractivity contribution in [2.45, 2.75) is 52.1 Å². The Balaban J connectivity index is 1.67. The standard InChI is InChI=1S/C24H26ClN3O2/c1-15-10-11-16(2)22-21(15)12-17(23(29)27-22)14-28(20-8-3-4-9-20)24(30)26-19-7-5-6-18(25)13-19/h5-7,10-13,20H,3-4,8-9,14H2,1-2H3,(H,26,30)(H,27,29). The third-order valence-electron chi connectivity index (χ3n) is 5.96. The first-order valence-corrected chi connectivity index (χ1v) is 10.8. The Morgan fingerprint density at radius 1 is 1.13 bits per heavy atom. The van der Waals surface area contributed by atoms with Gasteiger partial charge in [0.1, 0.15) is 0 Å². The summed E-state index contributed by atoms with van der Waals surface area (Å²) in [6, 6.07) is 13.0. The third-order valence-corrected chi connectivity index (χ3v) is 6.20. The van der Waals surface area contributed by atoms with Crippen LogP contribution in [-0.2, 0) is 6.54 Å². The number of H-pyrrole nitrogens is 1. The van der Waals surface area contributed by atoms with Crippen molar-refractivity contribution in [3.05, 3.63) is 74.5 Å². The Labute approximate surface area is 181 Å². The fourth-order valence-electron chi connectivity index (χ4n) is 4.26. The summed E-state index contributed by atoms with van der Waals surface area (Å²) in [4.78, 5) is 30.8. The quantitative estimate of drug-likeness (QED) is 0.559. The molecule has 3 aromatic rings. The maximum absolute atomic E-state index is 13.2. The summed E-state index contributed by atoms with van der Waals surface area (Å²) in [7, 11) is 0. The Morgan fingerprint density at radius 2 is 1.87 bits per heavy atom. The molecule has 1 saturated carbocycles. The second-order valence-corrected chi connectivity index (χ2v) is 8.55. The molecule has 0 bridgehead atoms. The molecule has 0 saturated heterocycles. The number of hydrogen-bond donors (Lipinski definition) is 2. The predicted molar refractivity (Wildman–Crippen MR) is 122 cm³/mol. The highest BCUT2D eigenvalue weighted by atomic mass is 35.5. The van der Waals surface area contributed by atoms with Crippen LogP contribution in [-0.4, -0.2) is 22.0 Å². The van der Waals surface area contributed by atoms with E-state index in [4.69, 9.17) is 11.6 Å². The molecule has 6 heteroatoms. The van der Waals surface area contributed by atoms with E-state index in [0.717, 1.165) is 47.7 Å². The van der Waals surface area contributed by atoms with Gasteiger partial charge in [-0.05, 0) is 62.1 Å². The van der Waals surface area contributed by atoms with Crippen LogP contribution >= 0.6 is 11.6 Å². The summed E-state index contributed by atoms with van der Waals surface area (Å²) in [5.41, 5.74) is 4.10. The van der Waals surface area contributed by atoms with Crippen molar-refractivity contribution in [2.24, 2.45) is 0 Å². The molecular formula is C24H26ClN3O2. The zero-order chi connectivity index (χ0) is 21.3.